The topological polar surface area (TPSA) is 44.3 Å². The lowest BCUT2D eigenvalue weighted by Gasteiger charge is -2.38. The third-order valence-corrected chi connectivity index (χ3v) is 4.12. The van der Waals surface area contributed by atoms with E-state index < -0.39 is 0 Å². The van der Waals surface area contributed by atoms with E-state index in [9.17, 15) is 5.26 Å². The van der Waals surface area contributed by atoms with Gasteiger partial charge in [0.15, 0.2) is 0 Å². The van der Waals surface area contributed by atoms with E-state index in [-0.39, 0.29) is 5.54 Å². The van der Waals surface area contributed by atoms with Crippen LogP contribution in [0.1, 0.15) is 44.4 Å². The number of aromatic nitrogens is 2. The van der Waals surface area contributed by atoms with Gasteiger partial charge < -0.3 is 4.90 Å². The van der Waals surface area contributed by atoms with Crippen LogP contribution in [0.3, 0.4) is 0 Å². The molecule has 1 aliphatic rings. The molecule has 0 unspecified atom stereocenters. The first-order chi connectivity index (χ1) is 9.34. The van der Waals surface area contributed by atoms with Crippen molar-refractivity contribution in [1.29, 1.82) is 5.26 Å². The zero-order valence-corrected chi connectivity index (χ0v) is 12.7. The predicted octanol–water partition coefficient (Wildman–Crippen LogP) is 3.06. The van der Waals surface area contributed by atoms with Gasteiger partial charge in [-0.25, -0.2) is 4.52 Å². The van der Waals surface area contributed by atoms with Gasteiger partial charge in [0.1, 0.15) is 11.9 Å². The van der Waals surface area contributed by atoms with Gasteiger partial charge >= 0.3 is 0 Å². The van der Waals surface area contributed by atoms with Gasteiger partial charge in [0.2, 0.25) is 0 Å². The van der Waals surface area contributed by atoms with E-state index in [4.69, 9.17) is 0 Å². The first kappa shape index (κ1) is 13.0. The molecule has 3 heterocycles. The Hall–Kier alpha value is -2.02. The molecular weight excluding hydrogens is 248 g/mol. The summed E-state index contributed by atoms with van der Waals surface area (Å²) >= 11 is 0. The van der Waals surface area contributed by atoms with Crippen molar-refractivity contribution in [3.05, 3.63) is 29.0 Å². The molecule has 0 saturated heterocycles. The highest BCUT2D eigenvalue weighted by molar-refractivity contribution is 5.71. The Kier molecular flexibility index (Phi) is 2.59. The maximum Gasteiger partial charge on any atom is 0.135 e. The number of hydrogen-bond acceptors (Lipinski definition) is 3. The van der Waals surface area contributed by atoms with Crippen LogP contribution in [0.4, 0.5) is 5.82 Å². The van der Waals surface area contributed by atoms with Crippen molar-refractivity contribution >= 4 is 11.3 Å². The molecule has 0 saturated carbocycles. The summed E-state index contributed by atoms with van der Waals surface area (Å²) in [6.45, 7) is 11.1. The predicted molar refractivity (Wildman–Crippen MR) is 80.0 cm³/mol. The van der Waals surface area contributed by atoms with Crippen molar-refractivity contribution in [3.8, 4) is 6.07 Å². The van der Waals surface area contributed by atoms with Crippen molar-refractivity contribution < 1.29 is 0 Å². The number of fused-ring (bicyclic) bond motifs is 3. The quantitative estimate of drug-likeness (QED) is 0.737. The first-order valence-corrected chi connectivity index (χ1v) is 7.04. The minimum absolute atomic E-state index is 0.0319. The lowest BCUT2D eigenvalue weighted by molar-refractivity contribution is 0.461. The Balaban J connectivity index is 2.37. The highest BCUT2D eigenvalue weighted by atomic mass is 15.4. The van der Waals surface area contributed by atoms with Gasteiger partial charge in [-0.05, 0) is 58.2 Å². The van der Waals surface area contributed by atoms with Crippen LogP contribution in [-0.4, -0.2) is 21.2 Å². The number of nitrogens with zero attached hydrogens (tertiary/aromatic N) is 4. The fourth-order valence-electron chi connectivity index (χ4n) is 3.42. The molecule has 0 bridgehead atoms. The summed E-state index contributed by atoms with van der Waals surface area (Å²) < 4.78 is 1.94. The fourth-order valence-corrected chi connectivity index (χ4v) is 3.42. The highest BCUT2D eigenvalue weighted by Crippen LogP contribution is 2.39. The van der Waals surface area contributed by atoms with Crippen molar-refractivity contribution in [3.63, 3.8) is 0 Å². The average molecular weight is 268 g/mol. The Morgan fingerprint density at radius 3 is 2.70 bits per heavy atom. The van der Waals surface area contributed by atoms with Gasteiger partial charge in [0, 0.05) is 11.6 Å². The molecule has 2 aromatic rings. The number of hydrogen-bond donors (Lipinski definition) is 0. The Morgan fingerprint density at radius 1 is 1.40 bits per heavy atom. The van der Waals surface area contributed by atoms with E-state index in [1.54, 1.807) is 6.20 Å². The van der Waals surface area contributed by atoms with Gasteiger partial charge in [-0.15, -0.1) is 0 Å². The fraction of sp³-hybridized carbons (Fsp3) is 0.500. The molecule has 0 aromatic carbocycles. The first-order valence-electron chi connectivity index (χ1n) is 7.04. The molecule has 1 atom stereocenters. The summed E-state index contributed by atoms with van der Waals surface area (Å²) in [5.41, 5.74) is 4.19. The molecule has 1 aliphatic heterocycles. The molecule has 0 spiro atoms. The molecule has 0 aliphatic carbocycles. The molecule has 0 fully saturated rings. The third kappa shape index (κ3) is 1.62. The molecule has 0 amide bonds. The van der Waals surface area contributed by atoms with Crippen LogP contribution in [-0.2, 0) is 6.42 Å². The number of rotatable bonds is 0. The number of anilines is 1. The number of nitriles is 1. The van der Waals surface area contributed by atoms with Crippen molar-refractivity contribution in [1.82, 2.24) is 9.61 Å². The SMILES string of the molecule is Cc1cc2c(C#N)cnn2c2c1C[C@H](C)N2C(C)(C)C. The number of pyridine rings is 1. The van der Waals surface area contributed by atoms with Gasteiger partial charge in [-0.2, -0.15) is 10.4 Å². The molecule has 3 rings (SSSR count). The van der Waals surface area contributed by atoms with Crippen LogP contribution in [0.25, 0.3) is 5.52 Å². The van der Waals surface area contributed by atoms with Crippen molar-refractivity contribution in [2.24, 2.45) is 0 Å². The maximum absolute atomic E-state index is 9.22. The summed E-state index contributed by atoms with van der Waals surface area (Å²) in [6, 6.07) is 4.77. The second kappa shape index (κ2) is 3.99. The summed E-state index contributed by atoms with van der Waals surface area (Å²) in [4.78, 5) is 2.43. The zero-order valence-electron chi connectivity index (χ0n) is 12.7. The Bertz CT molecular complexity index is 727. The minimum Gasteiger partial charge on any atom is -0.348 e. The van der Waals surface area contributed by atoms with Gasteiger partial charge in [-0.3, -0.25) is 0 Å². The summed E-state index contributed by atoms with van der Waals surface area (Å²) in [7, 11) is 0. The second-order valence-corrected chi connectivity index (χ2v) is 6.69. The lowest BCUT2D eigenvalue weighted by atomic mass is 10.0. The summed E-state index contributed by atoms with van der Waals surface area (Å²) in [6.07, 6.45) is 2.70. The molecule has 0 N–H and O–H groups in total. The Morgan fingerprint density at radius 2 is 2.10 bits per heavy atom. The highest BCUT2D eigenvalue weighted by Gasteiger charge is 2.37. The Labute approximate surface area is 119 Å². The molecule has 2 aromatic heterocycles. The minimum atomic E-state index is 0.0319. The largest absolute Gasteiger partial charge is 0.348 e. The summed E-state index contributed by atoms with van der Waals surface area (Å²) in [5, 5.41) is 13.7. The normalized spacial score (nSPS) is 18.4. The standard InChI is InChI=1S/C16H20N4/c1-10-6-14-12(8-17)9-18-20(14)15-13(10)7-11(2)19(15)16(3,4)5/h6,9,11H,7H2,1-5H3/t11-/m0/s1. The zero-order chi connectivity index (χ0) is 14.7. The van der Waals surface area contributed by atoms with Gasteiger partial charge in [0.05, 0.1) is 17.3 Å². The number of aryl methyl sites for hydroxylation is 1. The molecule has 0 radical (unpaired) electrons. The van der Waals surface area contributed by atoms with Crippen LogP contribution < -0.4 is 4.90 Å². The smallest absolute Gasteiger partial charge is 0.135 e. The van der Waals surface area contributed by atoms with E-state index in [1.165, 1.54) is 11.1 Å². The van der Waals surface area contributed by atoms with Crippen LogP contribution in [0.5, 0.6) is 0 Å². The van der Waals surface area contributed by atoms with Crippen LogP contribution in [0.2, 0.25) is 0 Å². The molecule has 4 heteroatoms. The maximum atomic E-state index is 9.22. The van der Waals surface area contributed by atoms with E-state index in [2.05, 4.69) is 56.8 Å². The van der Waals surface area contributed by atoms with Gasteiger partial charge in [0.25, 0.3) is 0 Å². The van der Waals surface area contributed by atoms with E-state index >= 15 is 0 Å². The van der Waals surface area contributed by atoms with Crippen LogP contribution >= 0.6 is 0 Å². The van der Waals surface area contributed by atoms with E-state index in [1.807, 2.05) is 4.52 Å². The van der Waals surface area contributed by atoms with Crippen molar-refractivity contribution in [2.45, 2.75) is 52.6 Å². The molecule has 20 heavy (non-hydrogen) atoms. The molecular formula is C16H20N4. The van der Waals surface area contributed by atoms with Gasteiger partial charge in [-0.1, -0.05) is 0 Å². The average Bonchev–Trinajstić information content (AvgIpc) is 2.88. The van der Waals surface area contributed by atoms with Crippen molar-refractivity contribution in [2.75, 3.05) is 4.90 Å². The monoisotopic (exact) mass is 268 g/mol. The molecule has 4 nitrogen and oxygen atoms in total. The molecule has 104 valence electrons. The van der Waals surface area contributed by atoms with Crippen LogP contribution in [0, 0.1) is 18.3 Å². The van der Waals surface area contributed by atoms with Crippen LogP contribution in [0.15, 0.2) is 12.3 Å². The lowest BCUT2D eigenvalue weighted by Crippen LogP contribution is -2.45. The second-order valence-electron chi connectivity index (χ2n) is 6.69. The van der Waals surface area contributed by atoms with E-state index in [0.29, 0.717) is 11.6 Å². The third-order valence-electron chi connectivity index (χ3n) is 4.12. The van der Waals surface area contributed by atoms with E-state index in [0.717, 1.165) is 17.8 Å². The summed E-state index contributed by atoms with van der Waals surface area (Å²) in [5.74, 6) is 1.15.